The van der Waals surface area contributed by atoms with E-state index in [2.05, 4.69) is 0 Å². The third-order valence-electron chi connectivity index (χ3n) is 6.77. The van der Waals surface area contributed by atoms with Gasteiger partial charge in [-0.3, -0.25) is 9.35 Å². The predicted octanol–water partition coefficient (Wildman–Crippen LogP) is 2.56. The standard InChI is InChI=1S/C15H19F3O5S/c16-10(15(17,18)24(20,21)22)1-2-23-12(19)14-5-8-3-9-6-13(4-8,7-14)11(9)14/h8-11H,1-7H2,(H,20,21,22). The van der Waals surface area contributed by atoms with Crippen molar-refractivity contribution in [2.24, 2.45) is 28.6 Å². The maximum Gasteiger partial charge on any atom is 0.400 e. The van der Waals surface area contributed by atoms with Crippen LogP contribution in [0.3, 0.4) is 0 Å². The zero-order valence-electron chi connectivity index (χ0n) is 12.9. The van der Waals surface area contributed by atoms with Crippen LogP contribution in [0, 0.1) is 28.6 Å². The van der Waals surface area contributed by atoms with E-state index in [0.717, 1.165) is 32.1 Å². The van der Waals surface area contributed by atoms with Crippen LogP contribution in [0.25, 0.3) is 0 Å². The lowest BCUT2D eigenvalue weighted by atomic mass is 9.23. The Hall–Kier alpha value is -0.830. The van der Waals surface area contributed by atoms with E-state index in [0.29, 0.717) is 17.8 Å². The summed E-state index contributed by atoms with van der Waals surface area (Å²) in [5.41, 5.74) is -0.243. The first-order valence-electron chi connectivity index (χ1n) is 8.18. The molecule has 1 spiro atoms. The average Bonchev–Trinajstić information content (AvgIpc) is 2.43. The number of rotatable bonds is 6. The van der Waals surface area contributed by atoms with Gasteiger partial charge in [0.05, 0.1) is 12.0 Å². The highest BCUT2D eigenvalue weighted by Crippen LogP contribution is 2.84. The number of ether oxygens (including phenoxy) is 1. The van der Waals surface area contributed by atoms with Crippen LogP contribution in [0.2, 0.25) is 0 Å². The second-order valence-electron chi connectivity index (χ2n) is 8.08. The molecule has 0 amide bonds. The van der Waals surface area contributed by atoms with E-state index in [-0.39, 0.29) is 5.41 Å². The van der Waals surface area contributed by atoms with Crippen molar-refractivity contribution in [2.45, 2.75) is 50.0 Å². The van der Waals surface area contributed by atoms with Crippen LogP contribution in [0.15, 0.2) is 0 Å². The summed E-state index contributed by atoms with van der Waals surface area (Å²) in [4.78, 5) is 12.4. The second kappa shape index (κ2) is 4.66. The van der Waals surface area contributed by atoms with Gasteiger partial charge in [0.2, 0.25) is 0 Å². The molecule has 5 bridgehead atoms. The summed E-state index contributed by atoms with van der Waals surface area (Å²) in [5.74, 6) is 0.937. The number of carbonyl (C=O) groups is 1. The van der Waals surface area contributed by atoms with Crippen LogP contribution < -0.4 is 0 Å². The number of alkyl halides is 3. The van der Waals surface area contributed by atoms with Gasteiger partial charge in [-0.2, -0.15) is 17.2 Å². The Labute approximate surface area is 137 Å². The minimum atomic E-state index is -5.84. The monoisotopic (exact) mass is 368 g/mol. The molecular formula is C15H19F3O5S. The molecule has 9 heteroatoms. The highest BCUT2D eigenvalue weighted by Gasteiger charge is 2.80. The van der Waals surface area contributed by atoms with Gasteiger partial charge in [-0.15, -0.1) is 0 Å². The summed E-state index contributed by atoms with van der Waals surface area (Å²) < 4.78 is 74.0. The van der Waals surface area contributed by atoms with E-state index < -0.39 is 46.0 Å². The molecule has 1 N–H and O–H groups in total. The number of hydrogen-bond donors (Lipinski definition) is 1. The van der Waals surface area contributed by atoms with Crippen molar-refractivity contribution >= 4 is 16.1 Å². The zero-order valence-corrected chi connectivity index (χ0v) is 13.7. The van der Waals surface area contributed by atoms with E-state index in [1.54, 1.807) is 0 Å². The number of esters is 1. The van der Waals surface area contributed by atoms with Crippen molar-refractivity contribution in [3.05, 3.63) is 0 Å². The lowest BCUT2D eigenvalue weighted by Crippen LogP contribution is -2.77. The lowest BCUT2D eigenvalue weighted by molar-refractivity contribution is -0.325. The molecule has 5 nitrogen and oxygen atoms in total. The van der Waals surface area contributed by atoms with E-state index in [1.807, 2.05) is 0 Å². The average molecular weight is 368 g/mol. The van der Waals surface area contributed by atoms with Gasteiger partial charge >= 0.3 is 21.3 Å². The summed E-state index contributed by atoms with van der Waals surface area (Å²) in [6.07, 6.45) is 0.909. The van der Waals surface area contributed by atoms with Crippen LogP contribution in [0.1, 0.15) is 38.5 Å². The Balaban J connectivity index is 1.34. The molecule has 0 heterocycles. The highest BCUT2D eigenvalue weighted by atomic mass is 32.2. The van der Waals surface area contributed by atoms with Crippen molar-refractivity contribution in [3.8, 4) is 0 Å². The summed E-state index contributed by atoms with van der Waals surface area (Å²) in [7, 11) is -5.84. The molecule has 6 rings (SSSR count). The summed E-state index contributed by atoms with van der Waals surface area (Å²) in [6, 6.07) is 0. The van der Waals surface area contributed by atoms with Gasteiger partial charge in [0.15, 0.2) is 6.17 Å². The molecule has 0 aromatic rings. The van der Waals surface area contributed by atoms with E-state index in [1.165, 1.54) is 0 Å². The normalized spacial score (nSPS) is 43.6. The molecule has 0 saturated heterocycles. The summed E-state index contributed by atoms with van der Waals surface area (Å²) in [5, 5.41) is -4.90. The summed E-state index contributed by atoms with van der Waals surface area (Å²) in [6.45, 7) is -0.623. The lowest BCUT2D eigenvalue weighted by Gasteiger charge is -2.80. The Morgan fingerprint density at radius 3 is 2.62 bits per heavy atom. The number of carbonyl (C=O) groups excluding carboxylic acids is 1. The van der Waals surface area contributed by atoms with Crippen molar-refractivity contribution in [2.75, 3.05) is 6.61 Å². The number of hydrogen-bond acceptors (Lipinski definition) is 4. The maximum absolute atomic E-state index is 13.4. The van der Waals surface area contributed by atoms with Crippen LogP contribution in [-0.2, 0) is 19.6 Å². The molecule has 0 aromatic heterocycles. The first-order chi connectivity index (χ1) is 11.0. The maximum atomic E-state index is 13.4. The molecule has 136 valence electrons. The Morgan fingerprint density at radius 2 is 2.04 bits per heavy atom. The first kappa shape index (κ1) is 16.6. The highest BCUT2D eigenvalue weighted by molar-refractivity contribution is 7.86. The molecule has 6 aliphatic rings. The quantitative estimate of drug-likeness (QED) is 0.576. The summed E-state index contributed by atoms with van der Waals surface area (Å²) >= 11 is 0. The van der Waals surface area contributed by atoms with E-state index in [9.17, 15) is 26.4 Å². The van der Waals surface area contributed by atoms with Crippen molar-refractivity contribution < 1.29 is 35.7 Å². The van der Waals surface area contributed by atoms with Gasteiger partial charge in [0.25, 0.3) is 0 Å². The van der Waals surface area contributed by atoms with Crippen LogP contribution >= 0.6 is 0 Å². The molecule has 0 aliphatic heterocycles. The van der Waals surface area contributed by atoms with Crippen molar-refractivity contribution in [3.63, 3.8) is 0 Å². The molecule has 0 radical (unpaired) electrons. The fraction of sp³-hybridized carbons (Fsp3) is 0.933. The van der Waals surface area contributed by atoms with Crippen molar-refractivity contribution in [1.29, 1.82) is 0 Å². The van der Waals surface area contributed by atoms with Gasteiger partial charge in [-0.05, 0) is 55.3 Å². The van der Waals surface area contributed by atoms with Crippen LogP contribution in [-0.4, -0.2) is 37.0 Å². The molecular weight excluding hydrogens is 349 g/mol. The molecule has 6 unspecified atom stereocenters. The largest absolute Gasteiger partial charge is 0.465 e. The van der Waals surface area contributed by atoms with Gasteiger partial charge in [0.1, 0.15) is 0 Å². The Kier molecular flexibility index (Phi) is 3.23. The fourth-order valence-electron chi connectivity index (χ4n) is 6.40. The number of halogens is 3. The van der Waals surface area contributed by atoms with Gasteiger partial charge in [-0.25, -0.2) is 4.39 Å². The third-order valence-corrected chi connectivity index (χ3v) is 7.71. The second-order valence-corrected chi connectivity index (χ2v) is 9.57. The fourth-order valence-corrected chi connectivity index (χ4v) is 6.84. The van der Waals surface area contributed by atoms with E-state index in [4.69, 9.17) is 9.29 Å². The molecule has 6 aliphatic carbocycles. The Bertz CT molecular complexity index is 689. The molecule has 6 fully saturated rings. The SMILES string of the molecule is O=C(OCCC(F)C(F)(F)S(=O)(=O)O)C12CC3CC4CC(C3)(C1)C42. The topological polar surface area (TPSA) is 80.7 Å². The molecule has 0 aromatic carbocycles. The zero-order chi connectivity index (χ0) is 17.5. The van der Waals surface area contributed by atoms with Gasteiger partial charge in [-0.1, -0.05) is 0 Å². The predicted molar refractivity (Wildman–Crippen MR) is 75.4 cm³/mol. The minimum absolute atomic E-state index is 0.283. The van der Waals surface area contributed by atoms with Gasteiger partial charge < -0.3 is 4.74 Å². The van der Waals surface area contributed by atoms with E-state index >= 15 is 0 Å². The minimum Gasteiger partial charge on any atom is -0.465 e. The molecule has 6 atom stereocenters. The third kappa shape index (κ3) is 1.91. The van der Waals surface area contributed by atoms with Gasteiger partial charge in [0, 0.05) is 6.42 Å². The molecule has 24 heavy (non-hydrogen) atoms. The Morgan fingerprint density at radius 1 is 1.33 bits per heavy atom. The smallest absolute Gasteiger partial charge is 0.400 e. The van der Waals surface area contributed by atoms with Crippen LogP contribution in [0.4, 0.5) is 13.2 Å². The first-order valence-corrected chi connectivity index (χ1v) is 9.62. The van der Waals surface area contributed by atoms with Crippen molar-refractivity contribution in [1.82, 2.24) is 0 Å². The van der Waals surface area contributed by atoms with Crippen LogP contribution in [0.5, 0.6) is 0 Å². The molecule has 6 saturated carbocycles.